The lowest BCUT2D eigenvalue weighted by molar-refractivity contribution is 0.101. The van der Waals surface area contributed by atoms with Gasteiger partial charge in [0.1, 0.15) is 22.2 Å². The lowest BCUT2D eigenvalue weighted by Gasteiger charge is -2.15. The molecular weight excluding hydrogens is 430 g/mol. The number of aliphatic hydroxyl groups excluding tert-OH is 1. The lowest BCUT2D eigenvalue weighted by atomic mass is 10.1. The molecule has 3 rings (SSSR count). The van der Waals surface area contributed by atoms with Crippen molar-refractivity contribution in [3.63, 3.8) is 0 Å². The summed E-state index contributed by atoms with van der Waals surface area (Å²) in [6, 6.07) is -0.247. The molecule has 0 radical (unpaired) electrons. The number of carbonyl (C=O) groups excluding carboxylic acids is 1. The number of nitrogens with zero attached hydrogens (tertiary/aromatic N) is 1. The molecule has 1 aromatic heterocycles. The number of amides is 1. The topological polar surface area (TPSA) is 100 Å². The molecule has 162 valence electrons. The van der Waals surface area contributed by atoms with Crippen LogP contribution < -0.4 is 10.0 Å². The number of anilines is 1. The van der Waals surface area contributed by atoms with Crippen molar-refractivity contribution in [1.82, 2.24) is 9.29 Å². The Labute approximate surface area is 169 Å². The van der Waals surface area contributed by atoms with Gasteiger partial charge in [0.25, 0.3) is 12.3 Å². The number of alkyl halides is 2. The number of hydrogen-bond donors (Lipinski definition) is 3. The van der Waals surface area contributed by atoms with E-state index in [1.165, 1.54) is 30.7 Å². The molecule has 1 aliphatic rings. The molecule has 1 amide bonds. The Morgan fingerprint density at radius 1 is 1.27 bits per heavy atom. The first kappa shape index (κ1) is 22.0. The summed E-state index contributed by atoms with van der Waals surface area (Å²) in [7, 11) is -2.74. The SMILES string of the molecule is CC(O)[C@H]1C=Cc2c(cn(C)c2C(=O)Nc2cc(C(F)F)c(F)cc2F)S(=O)(=O)N1. The molecule has 2 atom stereocenters. The zero-order valence-corrected chi connectivity index (χ0v) is 16.5. The minimum absolute atomic E-state index is 0.0396. The second kappa shape index (κ2) is 7.85. The van der Waals surface area contributed by atoms with E-state index < -0.39 is 57.4 Å². The number of aryl methyl sites for hydroxylation is 1. The molecule has 7 nitrogen and oxygen atoms in total. The molecule has 2 aromatic rings. The maximum absolute atomic E-state index is 14.0. The quantitative estimate of drug-likeness (QED) is 0.627. The van der Waals surface area contributed by atoms with Crippen molar-refractivity contribution in [1.29, 1.82) is 0 Å². The fourth-order valence-corrected chi connectivity index (χ4v) is 4.54. The maximum Gasteiger partial charge on any atom is 0.273 e. The minimum atomic E-state index is -4.11. The summed E-state index contributed by atoms with van der Waals surface area (Å²) in [6.07, 6.45) is -0.494. The smallest absolute Gasteiger partial charge is 0.273 e. The van der Waals surface area contributed by atoms with Crippen molar-refractivity contribution in [3.05, 3.63) is 52.9 Å². The molecule has 0 saturated heterocycles. The van der Waals surface area contributed by atoms with E-state index in [-0.39, 0.29) is 22.2 Å². The van der Waals surface area contributed by atoms with Gasteiger partial charge in [-0.05, 0) is 13.0 Å². The maximum atomic E-state index is 14.0. The predicted octanol–water partition coefficient (Wildman–Crippen LogP) is 2.55. The van der Waals surface area contributed by atoms with Crippen LogP contribution >= 0.6 is 0 Å². The minimum Gasteiger partial charge on any atom is -0.391 e. The lowest BCUT2D eigenvalue weighted by Crippen LogP contribution is -2.39. The fraction of sp³-hybridized carbons (Fsp3) is 0.278. The highest BCUT2D eigenvalue weighted by molar-refractivity contribution is 7.89. The highest BCUT2D eigenvalue weighted by Crippen LogP contribution is 2.30. The van der Waals surface area contributed by atoms with Gasteiger partial charge >= 0.3 is 0 Å². The Hall–Kier alpha value is -2.70. The number of halogens is 4. The van der Waals surface area contributed by atoms with Crippen LogP contribution in [-0.4, -0.2) is 36.1 Å². The summed E-state index contributed by atoms with van der Waals surface area (Å²) in [6.45, 7) is 1.37. The first-order chi connectivity index (χ1) is 13.9. The number of aromatic nitrogens is 1. The number of benzene rings is 1. The van der Waals surface area contributed by atoms with Crippen LogP contribution in [0.5, 0.6) is 0 Å². The van der Waals surface area contributed by atoms with Crippen molar-refractivity contribution in [3.8, 4) is 0 Å². The van der Waals surface area contributed by atoms with Gasteiger partial charge in [-0.2, -0.15) is 0 Å². The second-order valence-corrected chi connectivity index (χ2v) is 8.40. The van der Waals surface area contributed by atoms with Crippen LogP contribution in [0.2, 0.25) is 0 Å². The molecule has 3 N–H and O–H groups in total. The Kier molecular flexibility index (Phi) is 5.76. The average Bonchev–Trinajstić information content (AvgIpc) is 2.91. The van der Waals surface area contributed by atoms with Crippen LogP contribution in [-0.2, 0) is 17.1 Å². The number of sulfonamides is 1. The van der Waals surface area contributed by atoms with Crippen molar-refractivity contribution in [2.45, 2.75) is 30.4 Å². The Bertz CT molecular complexity index is 1140. The van der Waals surface area contributed by atoms with E-state index in [9.17, 15) is 35.9 Å². The fourth-order valence-electron chi connectivity index (χ4n) is 3.03. The molecule has 2 heterocycles. The molecule has 0 bridgehead atoms. The molecule has 1 aromatic carbocycles. The largest absolute Gasteiger partial charge is 0.391 e. The number of rotatable bonds is 4. The average molecular weight is 447 g/mol. The molecule has 0 spiro atoms. The monoisotopic (exact) mass is 447 g/mol. The summed E-state index contributed by atoms with van der Waals surface area (Å²) in [4.78, 5) is 12.5. The van der Waals surface area contributed by atoms with E-state index in [2.05, 4.69) is 10.0 Å². The summed E-state index contributed by atoms with van der Waals surface area (Å²) in [5.74, 6) is -3.73. The molecule has 0 aliphatic carbocycles. The van der Waals surface area contributed by atoms with Gasteiger partial charge < -0.3 is 15.0 Å². The standard InChI is InChI=1S/C18H17F4N3O4S/c1-8(26)13-4-3-9-15(30(28,29)24-13)7-25(2)16(9)18(27)23-14-5-10(17(21)22)11(19)6-12(14)20/h3-8,13,17,24,26H,1-2H3,(H,23,27)/t8?,13-/m1/s1. The molecule has 1 unspecified atom stereocenters. The zero-order valence-electron chi connectivity index (χ0n) is 15.7. The molecule has 30 heavy (non-hydrogen) atoms. The predicted molar refractivity (Wildman–Crippen MR) is 99.5 cm³/mol. The molecule has 0 saturated carbocycles. The molecular formula is C18H17F4N3O4S. The van der Waals surface area contributed by atoms with Gasteiger partial charge in [-0.3, -0.25) is 4.79 Å². The number of nitrogens with one attached hydrogen (secondary N) is 2. The van der Waals surface area contributed by atoms with E-state index >= 15 is 0 Å². The van der Waals surface area contributed by atoms with Gasteiger partial charge in [-0.15, -0.1) is 0 Å². The third-order valence-corrected chi connectivity index (χ3v) is 6.03. The summed E-state index contributed by atoms with van der Waals surface area (Å²) < 4.78 is 81.9. The van der Waals surface area contributed by atoms with Gasteiger partial charge in [0.15, 0.2) is 0 Å². The van der Waals surface area contributed by atoms with Gasteiger partial charge in [0, 0.05) is 24.9 Å². The highest BCUT2D eigenvalue weighted by Gasteiger charge is 2.32. The van der Waals surface area contributed by atoms with Crippen LogP contribution in [0.15, 0.2) is 29.3 Å². The van der Waals surface area contributed by atoms with E-state index in [0.29, 0.717) is 6.07 Å². The third-order valence-electron chi connectivity index (χ3n) is 4.54. The Morgan fingerprint density at radius 2 is 1.93 bits per heavy atom. The van der Waals surface area contributed by atoms with E-state index in [4.69, 9.17) is 0 Å². The molecule has 0 fully saturated rings. The van der Waals surface area contributed by atoms with E-state index in [0.717, 1.165) is 6.20 Å². The van der Waals surface area contributed by atoms with Gasteiger partial charge in [0.2, 0.25) is 10.0 Å². The van der Waals surface area contributed by atoms with Crippen molar-refractivity contribution < 1.29 is 35.9 Å². The Morgan fingerprint density at radius 3 is 2.53 bits per heavy atom. The van der Waals surface area contributed by atoms with E-state index in [1.54, 1.807) is 0 Å². The van der Waals surface area contributed by atoms with Crippen LogP contribution in [0, 0.1) is 11.6 Å². The summed E-state index contributed by atoms with van der Waals surface area (Å²) in [5, 5.41) is 11.8. The first-order valence-corrected chi connectivity index (χ1v) is 10.1. The number of aliphatic hydroxyl groups is 1. The van der Waals surface area contributed by atoms with Gasteiger partial charge in [-0.1, -0.05) is 12.2 Å². The Balaban J connectivity index is 2.05. The number of fused-ring (bicyclic) bond motifs is 1. The third kappa shape index (κ3) is 3.98. The van der Waals surface area contributed by atoms with Crippen molar-refractivity contribution in [2.24, 2.45) is 7.05 Å². The second-order valence-electron chi connectivity index (χ2n) is 6.72. The van der Waals surface area contributed by atoms with Crippen LogP contribution in [0.25, 0.3) is 6.08 Å². The first-order valence-electron chi connectivity index (χ1n) is 8.58. The van der Waals surface area contributed by atoms with Crippen LogP contribution in [0.1, 0.15) is 35.0 Å². The van der Waals surface area contributed by atoms with Crippen LogP contribution in [0.4, 0.5) is 23.2 Å². The molecule has 1 aliphatic heterocycles. The van der Waals surface area contributed by atoms with Crippen LogP contribution in [0.3, 0.4) is 0 Å². The van der Waals surface area contributed by atoms with Gasteiger partial charge in [-0.25, -0.2) is 30.7 Å². The van der Waals surface area contributed by atoms with Gasteiger partial charge in [0.05, 0.1) is 23.4 Å². The van der Waals surface area contributed by atoms with Crippen molar-refractivity contribution in [2.75, 3.05) is 5.32 Å². The number of hydrogen-bond acceptors (Lipinski definition) is 4. The van der Waals surface area contributed by atoms with Crippen molar-refractivity contribution >= 4 is 27.7 Å². The van der Waals surface area contributed by atoms with E-state index in [1.807, 2.05) is 0 Å². The summed E-state index contributed by atoms with van der Waals surface area (Å²) >= 11 is 0. The molecule has 12 heteroatoms. The zero-order chi connectivity index (χ0) is 22.4. The normalized spacial score (nSPS) is 18.7. The highest BCUT2D eigenvalue weighted by atomic mass is 32.2. The summed E-state index contributed by atoms with van der Waals surface area (Å²) in [5.41, 5.74) is -2.03. The number of carbonyl (C=O) groups is 1.